The van der Waals surface area contributed by atoms with Gasteiger partial charge in [-0.2, -0.15) is 0 Å². The van der Waals surface area contributed by atoms with Gasteiger partial charge in [0.25, 0.3) is 0 Å². The Balaban J connectivity index is 1.88. The molecule has 0 radical (unpaired) electrons. The number of hydrogen-bond acceptors (Lipinski definition) is 2. The molecule has 25 heavy (non-hydrogen) atoms. The van der Waals surface area contributed by atoms with Gasteiger partial charge in [0.1, 0.15) is 0 Å². The monoisotopic (exact) mass is 395 g/mol. The molecule has 2 nitrogen and oxygen atoms in total. The first-order valence-corrected chi connectivity index (χ1v) is 10.2. The fraction of sp³-hybridized carbons (Fsp3) is 0.350. The zero-order valence-corrected chi connectivity index (χ0v) is 17.1. The number of carbonyl (C=O) groups is 1. The summed E-state index contributed by atoms with van der Waals surface area (Å²) in [6, 6.07) is 12.0. The third-order valence-electron chi connectivity index (χ3n) is 4.03. The van der Waals surface area contributed by atoms with Crippen molar-refractivity contribution in [2.45, 2.75) is 39.0 Å². The van der Waals surface area contributed by atoms with E-state index in [4.69, 9.17) is 23.2 Å². The van der Waals surface area contributed by atoms with Crippen LogP contribution in [0.15, 0.2) is 36.4 Å². The molecule has 2 aromatic carbocycles. The van der Waals surface area contributed by atoms with Gasteiger partial charge in [-0.1, -0.05) is 60.0 Å². The van der Waals surface area contributed by atoms with Gasteiger partial charge in [-0.05, 0) is 49.1 Å². The molecule has 0 aromatic heterocycles. The van der Waals surface area contributed by atoms with Crippen molar-refractivity contribution in [1.29, 1.82) is 0 Å². The first-order chi connectivity index (χ1) is 11.9. The largest absolute Gasteiger partial charge is 0.349 e. The van der Waals surface area contributed by atoms with Crippen LogP contribution in [0.4, 0.5) is 0 Å². The SMILES string of the molecule is CC[C@@H](NC(=O)CSCc1ccc(Cl)c(Cl)c1)c1ccc(C)cc1C. The lowest BCUT2D eigenvalue weighted by Gasteiger charge is -2.20. The minimum Gasteiger partial charge on any atom is -0.349 e. The van der Waals surface area contributed by atoms with Gasteiger partial charge in [0, 0.05) is 5.75 Å². The Hall–Kier alpha value is -1.16. The molecule has 5 heteroatoms. The predicted octanol–water partition coefficient (Wildman–Crippen LogP) is 6.11. The molecule has 1 N–H and O–H groups in total. The average molecular weight is 396 g/mol. The predicted molar refractivity (Wildman–Crippen MR) is 110 cm³/mol. The highest BCUT2D eigenvalue weighted by Crippen LogP contribution is 2.25. The van der Waals surface area contributed by atoms with Gasteiger partial charge in [0.05, 0.1) is 21.8 Å². The van der Waals surface area contributed by atoms with Crippen LogP contribution in [0.5, 0.6) is 0 Å². The third-order valence-corrected chi connectivity index (χ3v) is 5.77. The zero-order valence-electron chi connectivity index (χ0n) is 14.7. The number of rotatable bonds is 7. The number of aryl methyl sites for hydroxylation is 2. The van der Waals surface area contributed by atoms with Crippen molar-refractivity contribution in [2.75, 3.05) is 5.75 Å². The van der Waals surface area contributed by atoms with Crippen molar-refractivity contribution in [3.8, 4) is 0 Å². The lowest BCUT2D eigenvalue weighted by Crippen LogP contribution is -2.30. The Bertz CT molecular complexity index is 748. The van der Waals surface area contributed by atoms with Crippen molar-refractivity contribution in [3.63, 3.8) is 0 Å². The van der Waals surface area contributed by atoms with Crippen LogP contribution in [-0.4, -0.2) is 11.7 Å². The summed E-state index contributed by atoms with van der Waals surface area (Å²) in [5, 5.41) is 4.24. The first-order valence-electron chi connectivity index (χ1n) is 8.29. The molecule has 0 unspecified atom stereocenters. The smallest absolute Gasteiger partial charge is 0.230 e. The van der Waals surface area contributed by atoms with Crippen molar-refractivity contribution >= 4 is 40.9 Å². The maximum absolute atomic E-state index is 12.3. The summed E-state index contributed by atoms with van der Waals surface area (Å²) in [7, 11) is 0. The van der Waals surface area contributed by atoms with E-state index in [1.165, 1.54) is 16.7 Å². The van der Waals surface area contributed by atoms with Gasteiger partial charge >= 0.3 is 0 Å². The van der Waals surface area contributed by atoms with E-state index in [0.29, 0.717) is 15.8 Å². The number of amides is 1. The molecule has 0 spiro atoms. The number of thioether (sulfide) groups is 1. The van der Waals surface area contributed by atoms with Crippen molar-refractivity contribution in [2.24, 2.45) is 0 Å². The van der Waals surface area contributed by atoms with E-state index in [0.717, 1.165) is 17.7 Å². The molecular formula is C20H23Cl2NOS. The molecule has 2 aromatic rings. The van der Waals surface area contributed by atoms with Crippen LogP contribution in [0.1, 0.15) is 41.6 Å². The molecule has 0 saturated heterocycles. The molecule has 0 aliphatic rings. The van der Waals surface area contributed by atoms with Crippen LogP contribution < -0.4 is 5.32 Å². The average Bonchev–Trinajstić information content (AvgIpc) is 2.56. The summed E-state index contributed by atoms with van der Waals surface area (Å²) in [4.78, 5) is 12.3. The lowest BCUT2D eigenvalue weighted by molar-refractivity contribution is -0.119. The number of hydrogen-bond donors (Lipinski definition) is 1. The van der Waals surface area contributed by atoms with Gasteiger partial charge < -0.3 is 5.32 Å². The molecule has 0 aliphatic carbocycles. The van der Waals surface area contributed by atoms with Crippen molar-refractivity contribution < 1.29 is 4.79 Å². The number of halogens is 2. The quantitative estimate of drug-likeness (QED) is 0.612. The Labute approximate surface area is 164 Å². The van der Waals surface area contributed by atoms with Crippen LogP contribution in [0, 0.1) is 13.8 Å². The maximum Gasteiger partial charge on any atom is 0.230 e. The second kappa shape index (κ2) is 9.51. The second-order valence-corrected chi connectivity index (χ2v) is 7.93. The van der Waals surface area contributed by atoms with E-state index in [1.54, 1.807) is 17.8 Å². The minimum atomic E-state index is 0.0527. The summed E-state index contributed by atoms with van der Waals surface area (Å²) in [5.41, 5.74) is 4.71. The van der Waals surface area contributed by atoms with E-state index in [-0.39, 0.29) is 11.9 Å². The molecule has 0 fully saturated rings. The summed E-state index contributed by atoms with van der Waals surface area (Å²) in [5.74, 6) is 1.20. The van der Waals surface area contributed by atoms with E-state index in [1.807, 2.05) is 12.1 Å². The number of nitrogens with one attached hydrogen (secondary N) is 1. The third kappa shape index (κ3) is 5.95. The molecule has 134 valence electrons. The van der Waals surface area contributed by atoms with E-state index < -0.39 is 0 Å². The summed E-state index contributed by atoms with van der Waals surface area (Å²) < 4.78 is 0. The van der Waals surface area contributed by atoms with Gasteiger partial charge in [0.2, 0.25) is 5.91 Å². The highest BCUT2D eigenvalue weighted by molar-refractivity contribution is 7.99. The molecule has 1 atom stereocenters. The Morgan fingerprint density at radius 3 is 2.52 bits per heavy atom. The molecular weight excluding hydrogens is 373 g/mol. The van der Waals surface area contributed by atoms with E-state index in [9.17, 15) is 4.79 Å². The normalized spacial score (nSPS) is 12.0. The van der Waals surface area contributed by atoms with Crippen LogP contribution in [0.3, 0.4) is 0 Å². The van der Waals surface area contributed by atoms with Crippen LogP contribution in [-0.2, 0) is 10.5 Å². The Kier molecular flexibility index (Phi) is 7.67. The summed E-state index contributed by atoms with van der Waals surface area (Å²) in [6.07, 6.45) is 0.868. The molecule has 0 aliphatic heterocycles. The molecule has 0 saturated carbocycles. The molecule has 0 heterocycles. The molecule has 0 bridgehead atoms. The second-order valence-electron chi connectivity index (χ2n) is 6.13. The van der Waals surface area contributed by atoms with Crippen LogP contribution in [0.2, 0.25) is 10.0 Å². The zero-order chi connectivity index (χ0) is 18.4. The topological polar surface area (TPSA) is 29.1 Å². The fourth-order valence-corrected chi connectivity index (χ4v) is 3.85. The van der Waals surface area contributed by atoms with Gasteiger partial charge in [-0.3, -0.25) is 4.79 Å². The fourth-order valence-electron chi connectivity index (χ4n) is 2.74. The highest BCUT2D eigenvalue weighted by Gasteiger charge is 2.14. The van der Waals surface area contributed by atoms with Gasteiger partial charge in [0.15, 0.2) is 0 Å². The van der Waals surface area contributed by atoms with Crippen molar-refractivity contribution in [3.05, 3.63) is 68.7 Å². The van der Waals surface area contributed by atoms with Gasteiger partial charge in [-0.25, -0.2) is 0 Å². The number of benzene rings is 2. The summed E-state index contributed by atoms with van der Waals surface area (Å²) >= 11 is 13.5. The first kappa shape index (κ1) is 20.2. The van der Waals surface area contributed by atoms with Crippen LogP contribution in [0.25, 0.3) is 0 Å². The highest BCUT2D eigenvalue weighted by atomic mass is 35.5. The Morgan fingerprint density at radius 2 is 1.88 bits per heavy atom. The summed E-state index contributed by atoms with van der Waals surface area (Å²) in [6.45, 7) is 6.26. The van der Waals surface area contributed by atoms with E-state index >= 15 is 0 Å². The van der Waals surface area contributed by atoms with Crippen molar-refractivity contribution in [1.82, 2.24) is 5.32 Å². The molecule has 1 amide bonds. The minimum absolute atomic E-state index is 0.0527. The molecule has 2 rings (SSSR count). The maximum atomic E-state index is 12.3. The lowest BCUT2D eigenvalue weighted by atomic mass is 9.97. The van der Waals surface area contributed by atoms with Gasteiger partial charge in [-0.15, -0.1) is 11.8 Å². The Morgan fingerprint density at radius 1 is 1.12 bits per heavy atom. The van der Waals surface area contributed by atoms with E-state index in [2.05, 4.69) is 44.3 Å². The number of carbonyl (C=O) groups excluding carboxylic acids is 1. The standard InChI is InChI=1S/C20H23Cl2NOS/c1-4-19(16-7-5-13(2)9-14(16)3)23-20(24)12-25-11-15-6-8-17(21)18(22)10-15/h5-10,19H,4,11-12H2,1-3H3,(H,23,24)/t19-/m1/s1. The van der Waals surface area contributed by atoms with Crippen LogP contribution >= 0.6 is 35.0 Å².